The summed E-state index contributed by atoms with van der Waals surface area (Å²) in [4.78, 5) is 0. The SMILES string of the molecule is C=CCc1ccccc1.CC=C(C)C. The minimum absolute atomic E-state index is 0.973. The summed E-state index contributed by atoms with van der Waals surface area (Å²) in [5.41, 5.74) is 2.71. The van der Waals surface area contributed by atoms with Crippen LogP contribution in [0.1, 0.15) is 26.3 Å². The van der Waals surface area contributed by atoms with Crippen molar-refractivity contribution in [3.63, 3.8) is 0 Å². The third kappa shape index (κ3) is 7.35. The van der Waals surface area contributed by atoms with Crippen molar-refractivity contribution < 1.29 is 0 Å². The van der Waals surface area contributed by atoms with Crippen molar-refractivity contribution in [1.29, 1.82) is 0 Å². The van der Waals surface area contributed by atoms with Crippen molar-refractivity contribution in [2.24, 2.45) is 0 Å². The molecule has 0 aromatic heterocycles. The maximum absolute atomic E-state index is 3.66. The zero-order valence-electron chi connectivity index (χ0n) is 9.46. The topological polar surface area (TPSA) is 0 Å². The molecular weight excluding hydrogens is 168 g/mol. The van der Waals surface area contributed by atoms with Crippen LogP contribution in [0, 0.1) is 0 Å². The summed E-state index contributed by atoms with van der Waals surface area (Å²) in [6, 6.07) is 10.3. The van der Waals surface area contributed by atoms with Crippen molar-refractivity contribution in [1.82, 2.24) is 0 Å². The summed E-state index contributed by atoms with van der Waals surface area (Å²) in [7, 11) is 0. The third-order valence-electron chi connectivity index (χ3n) is 1.80. The molecular formula is C14H20. The minimum Gasteiger partial charge on any atom is -0.103 e. The van der Waals surface area contributed by atoms with E-state index in [1.165, 1.54) is 11.1 Å². The summed E-state index contributed by atoms with van der Waals surface area (Å²) >= 11 is 0. The molecule has 0 atom stereocenters. The Bertz CT molecular complexity index is 263. The van der Waals surface area contributed by atoms with E-state index < -0.39 is 0 Å². The van der Waals surface area contributed by atoms with Gasteiger partial charge in [0.05, 0.1) is 0 Å². The van der Waals surface area contributed by atoms with Crippen molar-refractivity contribution in [3.8, 4) is 0 Å². The van der Waals surface area contributed by atoms with E-state index in [-0.39, 0.29) is 0 Å². The first-order valence-corrected chi connectivity index (χ1v) is 4.95. The number of hydrogen-bond donors (Lipinski definition) is 0. The van der Waals surface area contributed by atoms with Gasteiger partial charge in [0.1, 0.15) is 0 Å². The summed E-state index contributed by atoms with van der Waals surface area (Å²) in [6.45, 7) is 9.86. The zero-order valence-corrected chi connectivity index (χ0v) is 9.46. The highest BCUT2D eigenvalue weighted by Gasteiger charge is 1.82. The van der Waals surface area contributed by atoms with Crippen LogP contribution < -0.4 is 0 Å². The van der Waals surface area contributed by atoms with Gasteiger partial charge in [-0.05, 0) is 32.8 Å². The molecule has 0 saturated heterocycles. The van der Waals surface area contributed by atoms with E-state index in [1.807, 2.05) is 31.2 Å². The van der Waals surface area contributed by atoms with Crippen molar-refractivity contribution in [3.05, 3.63) is 60.2 Å². The molecule has 0 heterocycles. The van der Waals surface area contributed by atoms with Crippen molar-refractivity contribution in [2.75, 3.05) is 0 Å². The van der Waals surface area contributed by atoms with Gasteiger partial charge in [-0.15, -0.1) is 6.58 Å². The van der Waals surface area contributed by atoms with Gasteiger partial charge in [-0.1, -0.05) is 48.1 Å². The van der Waals surface area contributed by atoms with Crippen LogP contribution in [-0.4, -0.2) is 0 Å². The van der Waals surface area contributed by atoms with Gasteiger partial charge in [-0.3, -0.25) is 0 Å². The number of rotatable bonds is 2. The van der Waals surface area contributed by atoms with E-state index in [1.54, 1.807) is 0 Å². The second-order valence-corrected chi connectivity index (χ2v) is 3.34. The molecule has 0 fully saturated rings. The molecule has 0 bridgehead atoms. The van der Waals surface area contributed by atoms with Crippen LogP contribution in [-0.2, 0) is 6.42 Å². The van der Waals surface area contributed by atoms with Gasteiger partial charge in [0.15, 0.2) is 0 Å². The van der Waals surface area contributed by atoms with Crippen molar-refractivity contribution in [2.45, 2.75) is 27.2 Å². The van der Waals surface area contributed by atoms with Crippen LogP contribution in [0.25, 0.3) is 0 Å². The molecule has 0 spiro atoms. The lowest BCUT2D eigenvalue weighted by atomic mass is 10.2. The van der Waals surface area contributed by atoms with Crippen LogP contribution >= 0.6 is 0 Å². The Labute approximate surface area is 88.0 Å². The van der Waals surface area contributed by atoms with Crippen LogP contribution in [0.4, 0.5) is 0 Å². The minimum atomic E-state index is 0.973. The molecule has 0 aliphatic carbocycles. The Morgan fingerprint density at radius 3 is 2.07 bits per heavy atom. The van der Waals surface area contributed by atoms with Crippen LogP contribution in [0.15, 0.2) is 54.6 Å². The lowest BCUT2D eigenvalue weighted by molar-refractivity contribution is 1.28. The number of allylic oxidation sites excluding steroid dienone is 3. The molecule has 0 amide bonds. The van der Waals surface area contributed by atoms with Gasteiger partial charge >= 0.3 is 0 Å². The largest absolute Gasteiger partial charge is 0.103 e. The molecule has 0 aliphatic heterocycles. The lowest BCUT2D eigenvalue weighted by Crippen LogP contribution is -1.75. The quantitative estimate of drug-likeness (QED) is 0.604. The molecule has 0 saturated carbocycles. The summed E-state index contributed by atoms with van der Waals surface area (Å²) in [5.74, 6) is 0. The fraction of sp³-hybridized carbons (Fsp3) is 0.286. The standard InChI is InChI=1S/C9H10.C5H10/c1-2-6-9-7-4-3-5-8-9;1-4-5(2)3/h2-5,7-8H,1,6H2;4H,1-3H3. The summed E-state index contributed by atoms with van der Waals surface area (Å²) < 4.78 is 0. The van der Waals surface area contributed by atoms with Crippen molar-refractivity contribution >= 4 is 0 Å². The maximum Gasteiger partial charge on any atom is -0.0100 e. The Kier molecular flexibility index (Phi) is 7.53. The number of hydrogen-bond acceptors (Lipinski definition) is 0. The second-order valence-electron chi connectivity index (χ2n) is 3.34. The Morgan fingerprint density at radius 1 is 1.21 bits per heavy atom. The maximum atomic E-state index is 3.66. The van der Waals surface area contributed by atoms with Gasteiger partial charge in [0.2, 0.25) is 0 Å². The zero-order chi connectivity index (χ0) is 10.8. The first-order valence-electron chi connectivity index (χ1n) is 4.95. The predicted octanol–water partition coefficient (Wildman–Crippen LogP) is 4.39. The fourth-order valence-electron chi connectivity index (χ4n) is 0.781. The van der Waals surface area contributed by atoms with E-state index in [4.69, 9.17) is 0 Å². The third-order valence-corrected chi connectivity index (χ3v) is 1.80. The van der Waals surface area contributed by atoms with Crippen LogP contribution in [0.5, 0.6) is 0 Å². The van der Waals surface area contributed by atoms with E-state index in [9.17, 15) is 0 Å². The smallest absolute Gasteiger partial charge is 0.0100 e. The molecule has 0 radical (unpaired) electrons. The van der Waals surface area contributed by atoms with Gasteiger partial charge in [-0.2, -0.15) is 0 Å². The average molecular weight is 188 g/mol. The monoisotopic (exact) mass is 188 g/mol. The molecule has 1 aromatic rings. The number of benzene rings is 1. The highest BCUT2D eigenvalue weighted by atomic mass is 13.9. The normalized spacial score (nSPS) is 8.21. The molecule has 14 heavy (non-hydrogen) atoms. The van der Waals surface area contributed by atoms with Gasteiger partial charge < -0.3 is 0 Å². The van der Waals surface area contributed by atoms with Gasteiger partial charge in [-0.25, -0.2) is 0 Å². The van der Waals surface area contributed by atoms with E-state index in [0.29, 0.717) is 0 Å². The van der Waals surface area contributed by atoms with E-state index in [2.05, 4.69) is 38.6 Å². The van der Waals surface area contributed by atoms with E-state index in [0.717, 1.165) is 6.42 Å². The predicted molar refractivity (Wildman–Crippen MR) is 65.4 cm³/mol. The van der Waals surface area contributed by atoms with Gasteiger partial charge in [0.25, 0.3) is 0 Å². The molecule has 0 heteroatoms. The van der Waals surface area contributed by atoms with Crippen LogP contribution in [0.3, 0.4) is 0 Å². The lowest BCUT2D eigenvalue weighted by Gasteiger charge is -1.91. The highest BCUT2D eigenvalue weighted by Crippen LogP contribution is 1.98. The molecule has 1 aromatic carbocycles. The summed E-state index contributed by atoms with van der Waals surface area (Å²) in [6.07, 6.45) is 4.97. The first kappa shape index (κ1) is 12.7. The first-order chi connectivity index (χ1) is 6.70. The molecule has 0 nitrogen and oxygen atoms in total. The average Bonchev–Trinajstić information content (AvgIpc) is 2.21. The van der Waals surface area contributed by atoms with E-state index >= 15 is 0 Å². The second kappa shape index (κ2) is 8.31. The highest BCUT2D eigenvalue weighted by molar-refractivity contribution is 5.16. The Morgan fingerprint density at radius 2 is 1.71 bits per heavy atom. The molecule has 0 unspecified atom stereocenters. The molecule has 76 valence electrons. The Balaban J connectivity index is 0.000000292. The molecule has 1 rings (SSSR count). The molecule has 0 N–H and O–H groups in total. The Hall–Kier alpha value is -1.30. The fourth-order valence-corrected chi connectivity index (χ4v) is 0.781. The summed E-state index contributed by atoms with van der Waals surface area (Å²) in [5, 5.41) is 0. The van der Waals surface area contributed by atoms with Gasteiger partial charge in [0, 0.05) is 0 Å². The molecule has 0 aliphatic rings. The van der Waals surface area contributed by atoms with Crippen LogP contribution in [0.2, 0.25) is 0 Å².